The molecule has 132 valence electrons. The summed E-state index contributed by atoms with van der Waals surface area (Å²) < 4.78 is 10.6. The predicted octanol–water partition coefficient (Wildman–Crippen LogP) is 3.37. The normalized spacial score (nSPS) is 11.1. The molecule has 2 aromatic rings. The Labute approximate surface area is 148 Å². The highest BCUT2D eigenvalue weighted by molar-refractivity contribution is 5.86. The van der Waals surface area contributed by atoms with Crippen molar-refractivity contribution in [3.63, 3.8) is 0 Å². The van der Waals surface area contributed by atoms with E-state index in [1.54, 1.807) is 7.11 Å². The number of hydrogen-bond acceptors (Lipinski definition) is 4. The first kappa shape index (κ1) is 18.5. The fourth-order valence-corrected chi connectivity index (χ4v) is 2.24. The zero-order valence-electron chi connectivity index (χ0n) is 14.9. The van der Waals surface area contributed by atoms with Crippen LogP contribution in [0, 0.1) is 0 Å². The molecular weight excluding hydrogens is 316 g/mol. The highest BCUT2D eigenvalue weighted by Gasteiger charge is 2.03. The molecule has 0 bridgehead atoms. The molecule has 5 heteroatoms. The molecule has 0 atom stereocenters. The molecule has 0 spiro atoms. The third-order valence-corrected chi connectivity index (χ3v) is 3.69. The van der Waals surface area contributed by atoms with Gasteiger partial charge in [0, 0.05) is 12.1 Å². The van der Waals surface area contributed by atoms with Crippen LogP contribution in [0.2, 0.25) is 0 Å². The van der Waals surface area contributed by atoms with Gasteiger partial charge in [-0.15, -0.1) is 0 Å². The maximum absolute atomic E-state index is 11.8. The maximum atomic E-state index is 11.8. The fourth-order valence-electron chi connectivity index (χ4n) is 2.24. The Morgan fingerprint density at radius 3 is 2.20 bits per heavy atom. The average Bonchev–Trinajstić information content (AvgIpc) is 2.65. The minimum absolute atomic E-state index is 0.0647. The number of amides is 1. The zero-order valence-corrected chi connectivity index (χ0v) is 14.9. The molecule has 1 N–H and O–H groups in total. The molecule has 0 aliphatic carbocycles. The van der Waals surface area contributed by atoms with E-state index in [0.717, 1.165) is 23.4 Å². The van der Waals surface area contributed by atoms with E-state index < -0.39 is 0 Å². The maximum Gasteiger partial charge on any atom is 0.277 e. The van der Waals surface area contributed by atoms with E-state index >= 15 is 0 Å². The second-order valence-corrected chi connectivity index (χ2v) is 5.69. The first-order valence-electron chi connectivity index (χ1n) is 8.27. The van der Waals surface area contributed by atoms with Gasteiger partial charge in [0.2, 0.25) is 0 Å². The van der Waals surface area contributed by atoms with Crippen molar-refractivity contribution >= 4 is 11.6 Å². The van der Waals surface area contributed by atoms with Crippen LogP contribution in [0.15, 0.2) is 53.6 Å². The van der Waals surface area contributed by atoms with Crippen molar-refractivity contribution < 1.29 is 14.3 Å². The van der Waals surface area contributed by atoms with E-state index in [-0.39, 0.29) is 12.5 Å². The summed E-state index contributed by atoms with van der Waals surface area (Å²) >= 11 is 0. The van der Waals surface area contributed by atoms with Crippen LogP contribution in [0.25, 0.3) is 0 Å². The summed E-state index contributed by atoms with van der Waals surface area (Å²) in [7, 11) is 1.64. The minimum Gasteiger partial charge on any atom is -0.497 e. The molecule has 2 rings (SSSR count). The zero-order chi connectivity index (χ0) is 18.1. The Kier molecular flexibility index (Phi) is 7.01. The Hall–Kier alpha value is -2.82. The third kappa shape index (κ3) is 6.30. The highest BCUT2D eigenvalue weighted by Crippen LogP contribution is 2.13. The number of methoxy groups -OCH3 is 1. The number of rotatable bonds is 8. The molecule has 0 aliphatic heterocycles. The Morgan fingerprint density at radius 2 is 1.60 bits per heavy atom. The standard InChI is InChI=1S/C20H24N2O3/c1-4-16-5-11-19(12-6-16)25-14-20(23)22-21-15(2)13-17-7-9-18(24-3)10-8-17/h5-12H,4,13-14H2,1-3H3,(H,22,23)/b21-15-. The van der Waals surface area contributed by atoms with Crippen molar-refractivity contribution in [3.8, 4) is 11.5 Å². The second kappa shape index (κ2) is 9.47. The van der Waals surface area contributed by atoms with Gasteiger partial charge in [-0.05, 0) is 48.7 Å². The SMILES string of the molecule is CCc1ccc(OCC(=O)N/N=C(/C)Cc2ccc(OC)cc2)cc1. The van der Waals surface area contributed by atoms with Crippen molar-refractivity contribution in [2.75, 3.05) is 13.7 Å². The molecule has 2 aromatic carbocycles. The van der Waals surface area contributed by atoms with Crippen LogP contribution in [0.1, 0.15) is 25.0 Å². The topological polar surface area (TPSA) is 59.9 Å². The van der Waals surface area contributed by atoms with Crippen molar-refractivity contribution in [2.24, 2.45) is 5.10 Å². The number of hydrazone groups is 1. The smallest absolute Gasteiger partial charge is 0.277 e. The van der Waals surface area contributed by atoms with Crippen molar-refractivity contribution in [2.45, 2.75) is 26.7 Å². The van der Waals surface area contributed by atoms with Crippen molar-refractivity contribution in [1.29, 1.82) is 0 Å². The molecular formula is C20H24N2O3. The van der Waals surface area contributed by atoms with Crippen molar-refractivity contribution in [1.82, 2.24) is 5.43 Å². The summed E-state index contributed by atoms with van der Waals surface area (Å²) in [5.74, 6) is 1.20. The summed E-state index contributed by atoms with van der Waals surface area (Å²) in [6.07, 6.45) is 1.63. The fraction of sp³-hybridized carbons (Fsp3) is 0.300. The summed E-state index contributed by atoms with van der Waals surface area (Å²) in [4.78, 5) is 11.8. The highest BCUT2D eigenvalue weighted by atomic mass is 16.5. The number of aryl methyl sites for hydroxylation is 1. The Bertz CT molecular complexity index is 707. The molecule has 0 heterocycles. The van der Waals surface area contributed by atoms with E-state index in [4.69, 9.17) is 9.47 Å². The Morgan fingerprint density at radius 1 is 1.00 bits per heavy atom. The van der Waals surface area contributed by atoms with Gasteiger partial charge in [0.25, 0.3) is 5.91 Å². The van der Waals surface area contributed by atoms with Crippen LogP contribution >= 0.6 is 0 Å². The lowest BCUT2D eigenvalue weighted by atomic mass is 10.1. The van der Waals surface area contributed by atoms with Gasteiger partial charge < -0.3 is 9.47 Å². The number of benzene rings is 2. The van der Waals surface area contributed by atoms with Crippen LogP contribution in [0.5, 0.6) is 11.5 Å². The number of nitrogens with one attached hydrogen (secondary N) is 1. The lowest BCUT2D eigenvalue weighted by Gasteiger charge is -2.07. The van der Waals surface area contributed by atoms with Crippen LogP contribution in [0.4, 0.5) is 0 Å². The lowest BCUT2D eigenvalue weighted by molar-refractivity contribution is -0.123. The van der Waals surface area contributed by atoms with Crippen LogP contribution in [0.3, 0.4) is 0 Å². The minimum atomic E-state index is -0.284. The van der Waals surface area contributed by atoms with E-state index in [0.29, 0.717) is 12.2 Å². The van der Waals surface area contributed by atoms with E-state index in [1.165, 1.54) is 5.56 Å². The van der Waals surface area contributed by atoms with Gasteiger partial charge in [0.05, 0.1) is 7.11 Å². The molecule has 0 radical (unpaired) electrons. The summed E-state index contributed by atoms with van der Waals surface area (Å²) in [5, 5.41) is 4.11. The number of carbonyl (C=O) groups excluding carboxylic acids is 1. The first-order valence-corrected chi connectivity index (χ1v) is 8.27. The van der Waals surface area contributed by atoms with Crippen LogP contribution in [-0.4, -0.2) is 25.3 Å². The van der Waals surface area contributed by atoms with Gasteiger partial charge in [0.1, 0.15) is 11.5 Å². The molecule has 0 saturated heterocycles. The molecule has 0 aromatic heterocycles. The van der Waals surface area contributed by atoms with Gasteiger partial charge in [0.15, 0.2) is 6.61 Å². The van der Waals surface area contributed by atoms with Crippen molar-refractivity contribution in [3.05, 3.63) is 59.7 Å². The van der Waals surface area contributed by atoms with E-state index in [9.17, 15) is 4.79 Å². The molecule has 5 nitrogen and oxygen atoms in total. The molecule has 0 unspecified atom stereocenters. The molecule has 0 fully saturated rings. The van der Waals surface area contributed by atoms with E-state index in [1.807, 2.05) is 55.5 Å². The van der Waals surface area contributed by atoms with Gasteiger partial charge in [-0.3, -0.25) is 4.79 Å². The monoisotopic (exact) mass is 340 g/mol. The summed E-state index contributed by atoms with van der Waals surface area (Å²) in [6, 6.07) is 15.5. The largest absolute Gasteiger partial charge is 0.497 e. The van der Waals surface area contributed by atoms with E-state index in [2.05, 4.69) is 17.5 Å². The number of carbonyl (C=O) groups is 1. The first-order chi connectivity index (χ1) is 12.1. The van der Waals surface area contributed by atoms with Crippen LogP contribution in [-0.2, 0) is 17.6 Å². The average molecular weight is 340 g/mol. The molecule has 25 heavy (non-hydrogen) atoms. The third-order valence-electron chi connectivity index (χ3n) is 3.69. The lowest BCUT2D eigenvalue weighted by Crippen LogP contribution is -2.25. The molecule has 0 aliphatic rings. The number of ether oxygens (including phenoxy) is 2. The molecule has 1 amide bonds. The quantitative estimate of drug-likeness (QED) is 0.592. The summed E-state index contributed by atoms with van der Waals surface area (Å²) in [5.41, 5.74) is 5.66. The second-order valence-electron chi connectivity index (χ2n) is 5.69. The van der Waals surface area contributed by atoms with Gasteiger partial charge in [-0.2, -0.15) is 5.10 Å². The van der Waals surface area contributed by atoms with Gasteiger partial charge >= 0.3 is 0 Å². The van der Waals surface area contributed by atoms with Gasteiger partial charge in [-0.25, -0.2) is 5.43 Å². The number of nitrogens with zero attached hydrogens (tertiary/aromatic N) is 1. The molecule has 0 saturated carbocycles. The summed E-state index contributed by atoms with van der Waals surface area (Å²) in [6.45, 7) is 3.90. The van der Waals surface area contributed by atoms with Crippen LogP contribution < -0.4 is 14.9 Å². The Balaban J connectivity index is 1.77. The van der Waals surface area contributed by atoms with Gasteiger partial charge in [-0.1, -0.05) is 31.2 Å². The number of hydrogen-bond donors (Lipinski definition) is 1. The predicted molar refractivity (Wildman–Crippen MR) is 99.3 cm³/mol.